The molecular formula is C14H30N2O2S. The third kappa shape index (κ3) is 4.17. The Bertz CT molecular complexity index is 379. The molecule has 1 aliphatic rings. The van der Waals surface area contributed by atoms with Gasteiger partial charge in [0, 0.05) is 18.6 Å². The van der Waals surface area contributed by atoms with Crippen LogP contribution in [0, 0.1) is 5.41 Å². The minimum atomic E-state index is -3.25. The summed E-state index contributed by atoms with van der Waals surface area (Å²) in [6, 6.07) is 0. The molecule has 0 radical (unpaired) electrons. The van der Waals surface area contributed by atoms with Gasteiger partial charge in [-0.15, -0.1) is 0 Å². The van der Waals surface area contributed by atoms with Crippen molar-refractivity contribution in [3.8, 4) is 0 Å². The Balaban J connectivity index is 3.03. The van der Waals surface area contributed by atoms with Crippen LogP contribution in [0.5, 0.6) is 0 Å². The molecule has 5 heteroatoms. The number of nitrogens with two attached hydrogens (primary N) is 1. The first kappa shape index (κ1) is 16.9. The Morgan fingerprint density at radius 1 is 1.16 bits per heavy atom. The predicted molar refractivity (Wildman–Crippen MR) is 80.5 cm³/mol. The van der Waals surface area contributed by atoms with E-state index in [1.165, 1.54) is 6.42 Å². The first-order valence-corrected chi connectivity index (χ1v) is 8.98. The number of nitrogens with zero attached hydrogens (tertiary/aromatic N) is 1. The molecule has 2 N–H and O–H groups in total. The summed E-state index contributed by atoms with van der Waals surface area (Å²) >= 11 is 0. The smallest absolute Gasteiger partial charge is 0.215 e. The molecule has 0 atom stereocenters. The Morgan fingerprint density at radius 3 is 2.05 bits per heavy atom. The van der Waals surface area contributed by atoms with Gasteiger partial charge in [0.25, 0.3) is 0 Å². The molecule has 0 aliphatic heterocycles. The highest BCUT2D eigenvalue weighted by atomic mass is 32.2. The maximum absolute atomic E-state index is 12.7. The Labute approximate surface area is 118 Å². The van der Waals surface area contributed by atoms with Gasteiger partial charge in [0.15, 0.2) is 0 Å². The lowest BCUT2D eigenvalue weighted by atomic mass is 9.81. The minimum absolute atomic E-state index is 0.190. The number of likely N-dealkylation sites (N-methyl/N-ethyl adjacent to an activating group) is 1. The summed E-state index contributed by atoms with van der Waals surface area (Å²) in [5, 5.41) is 0. The summed E-state index contributed by atoms with van der Waals surface area (Å²) in [5.41, 5.74) is 5.41. The highest BCUT2D eigenvalue weighted by Crippen LogP contribution is 2.35. The van der Waals surface area contributed by atoms with Crippen LogP contribution in [0.25, 0.3) is 0 Å². The molecule has 0 aromatic heterocycles. The van der Waals surface area contributed by atoms with E-state index in [9.17, 15) is 8.42 Å². The number of sulfonamides is 1. The topological polar surface area (TPSA) is 63.4 Å². The SMILES string of the molecule is CCN(C1(CN)CCCCC1)S(=O)(=O)CC(C)(C)C. The van der Waals surface area contributed by atoms with Gasteiger partial charge in [0.2, 0.25) is 10.0 Å². The fourth-order valence-electron chi connectivity index (χ4n) is 3.22. The largest absolute Gasteiger partial charge is 0.329 e. The van der Waals surface area contributed by atoms with Gasteiger partial charge in [-0.2, -0.15) is 4.31 Å². The maximum atomic E-state index is 12.7. The summed E-state index contributed by atoms with van der Waals surface area (Å²) in [4.78, 5) is 0. The Morgan fingerprint density at radius 2 is 1.68 bits per heavy atom. The van der Waals surface area contributed by atoms with Gasteiger partial charge in [-0.1, -0.05) is 47.0 Å². The van der Waals surface area contributed by atoms with Crippen molar-refractivity contribution in [2.24, 2.45) is 11.1 Å². The van der Waals surface area contributed by atoms with E-state index in [1.54, 1.807) is 4.31 Å². The van der Waals surface area contributed by atoms with E-state index in [0.717, 1.165) is 25.7 Å². The molecule has 0 bridgehead atoms. The molecule has 0 heterocycles. The third-order valence-electron chi connectivity index (χ3n) is 3.93. The molecule has 1 fully saturated rings. The zero-order valence-corrected chi connectivity index (χ0v) is 13.7. The van der Waals surface area contributed by atoms with Crippen LogP contribution in [0.2, 0.25) is 0 Å². The van der Waals surface area contributed by atoms with Gasteiger partial charge in [0.1, 0.15) is 0 Å². The molecule has 1 aliphatic carbocycles. The van der Waals surface area contributed by atoms with Crippen LogP contribution in [-0.2, 0) is 10.0 Å². The first-order valence-electron chi connectivity index (χ1n) is 7.37. The van der Waals surface area contributed by atoms with Crippen LogP contribution >= 0.6 is 0 Å². The van der Waals surface area contributed by atoms with E-state index in [1.807, 2.05) is 27.7 Å². The predicted octanol–water partition coefficient (Wildman–Crippen LogP) is 2.35. The van der Waals surface area contributed by atoms with Crippen LogP contribution in [0.3, 0.4) is 0 Å². The molecule has 1 rings (SSSR count). The summed E-state index contributed by atoms with van der Waals surface area (Å²) in [6.07, 6.45) is 5.16. The van der Waals surface area contributed by atoms with Crippen molar-refractivity contribution in [1.82, 2.24) is 4.31 Å². The van der Waals surface area contributed by atoms with Gasteiger partial charge in [-0.05, 0) is 18.3 Å². The fourth-order valence-corrected chi connectivity index (χ4v) is 5.71. The third-order valence-corrected chi connectivity index (χ3v) is 6.48. The van der Waals surface area contributed by atoms with Gasteiger partial charge in [0.05, 0.1) is 5.75 Å². The normalized spacial score (nSPS) is 20.7. The molecule has 0 unspecified atom stereocenters. The average molecular weight is 290 g/mol. The fraction of sp³-hybridized carbons (Fsp3) is 1.00. The van der Waals surface area contributed by atoms with Crippen molar-refractivity contribution < 1.29 is 8.42 Å². The number of hydrogen-bond donors (Lipinski definition) is 1. The highest BCUT2D eigenvalue weighted by Gasteiger charge is 2.43. The Hall–Kier alpha value is -0.130. The summed E-state index contributed by atoms with van der Waals surface area (Å²) < 4.78 is 27.1. The van der Waals surface area contributed by atoms with Crippen molar-refractivity contribution >= 4 is 10.0 Å². The van der Waals surface area contributed by atoms with Gasteiger partial charge >= 0.3 is 0 Å². The first-order chi connectivity index (χ1) is 8.67. The van der Waals surface area contributed by atoms with Gasteiger partial charge in [-0.3, -0.25) is 0 Å². The Kier molecular flexibility index (Phi) is 5.43. The molecule has 0 spiro atoms. The van der Waals surface area contributed by atoms with Crippen molar-refractivity contribution in [2.45, 2.75) is 65.3 Å². The molecule has 4 nitrogen and oxygen atoms in total. The quantitative estimate of drug-likeness (QED) is 0.845. The monoisotopic (exact) mass is 290 g/mol. The lowest BCUT2D eigenvalue weighted by Gasteiger charge is -2.45. The second kappa shape index (κ2) is 6.10. The number of rotatable bonds is 5. The van der Waals surface area contributed by atoms with Crippen molar-refractivity contribution in [1.29, 1.82) is 0 Å². The molecule has 0 saturated heterocycles. The maximum Gasteiger partial charge on any atom is 0.215 e. The zero-order valence-electron chi connectivity index (χ0n) is 12.9. The van der Waals surface area contributed by atoms with Crippen molar-refractivity contribution in [3.63, 3.8) is 0 Å². The molecule has 0 aromatic rings. The summed E-state index contributed by atoms with van der Waals surface area (Å²) in [6.45, 7) is 8.78. The van der Waals surface area contributed by atoms with Crippen LogP contribution in [0.15, 0.2) is 0 Å². The van der Waals surface area contributed by atoms with E-state index < -0.39 is 10.0 Å². The van der Waals surface area contributed by atoms with Crippen LogP contribution in [0.4, 0.5) is 0 Å². The molecule has 114 valence electrons. The molecule has 0 aromatic carbocycles. The number of hydrogen-bond acceptors (Lipinski definition) is 3. The van der Waals surface area contributed by atoms with E-state index in [-0.39, 0.29) is 16.7 Å². The second-order valence-electron chi connectivity index (χ2n) is 6.97. The standard InChI is InChI=1S/C14H30N2O2S/c1-5-16(19(17,18)12-13(2,3)4)14(11-15)9-7-6-8-10-14/h5-12,15H2,1-4H3. The van der Waals surface area contributed by atoms with Crippen LogP contribution < -0.4 is 5.73 Å². The van der Waals surface area contributed by atoms with Crippen molar-refractivity contribution in [3.05, 3.63) is 0 Å². The second-order valence-corrected chi connectivity index (χ2v) is 8.86. The lowest BCUT2D eigenvalue weighted by molar-refractivity contribution is 0.140. The molecule has 1 saturated carbocycles. The summed E-state index contributed by atoms with van der Waals surface area (Å²) in [7, 11) is -3.25. The zero-order chi connectivity index (χ0) is 14.7. The highest BCUT2D eigenvalue weighted by molar-refractivity contribution is 7.89. The van der Waals surface area contributed by atoms with Gasteiger partial charge < -0.3 is 5.73 Å². The minimum Gasteiger partial charge on any atom is -0.329 e. The average Bonchev–Trinajstić information content (AvgIpc) is 2.27. The van der Waals surface area contributed by atoms with Crippen LogP contribution in [0.1, 0.15) is 59.8 Å². The van der Waals surface area contributed by atoms with E-state index >= 15 is 0 Å². The van der Waals surface area contributed by atoms with Gasteiger partial charge in [-0.25, -0.2) is 8.42 Å². The van der Waals surface area contributed by atoms with Crippen molar-refractivity contribution in [2.75, 3.05) is 18.8 Å². The molecule has 19 heavy (non-hydrogen) atoms. The van der Waals surface area contributed by atoms with E-state index in [4.69, 9.17) is 5.73 Å². The lowest BCUT2D eigenvalue weighted by Crippen LogP contribution is -2.58. The molecule has 0 amide bonds. The van der Waals surface area contributed by atoms with E-state index in [2.05, 4.69) is 0 Å². The molecular weight excluding hydrogens is 260 g/mol. The van der Waals surface area contributed by atoms with Crippen LogP contribution in [-0.4, -0.2) is 37.1 Å². The van der Waals surface area contributed by atoms with E-state index in [0.29, 0.717) is 13.1 Å². The summed E-state index contributed by atoms with van der Waals surface area (Å²) in [5.74, 6) is 0.190.